The molecule has 0 amide bonds. The van der Waals surface area contributed by atoms with Crippen molar-refractivity contribution >= 4 is 17.5 Å². The van der Waals surface area contributed by atoms with Gasteiger partial charge in [0.15, 0.2) is 0 Å². The van der Waals surface area contributed by atoms with Gasteiger partial charge in [-0.3, -0.25) is 0 Å². The lowest BCUT2D eigenvalue weighted by Crippen LogP contribution is -1.92. The van der Waals surface area contributed by atoms with E-state index in [0.29, 0.717) is 0 Å². The number of Topliss-reactive ketones (excluding diaryl/α,β-unsaturated/α-hetero) is 2. The van der Waals surface area contributed by atoms with Gasteiger partial charge in [-0.25, -0.2) is 4.79 Å². The van der Waals surface area contributed by atoms with Crippen molar-refractivity contribution in [2.24, 2.45) is 0 Å². The lowest BCUT2D eigenvalue weighted by molar-refractivity contribution is -0.132. The van der Waals surface area contributed by atoms with Crippen LogP contribution in [0.15, 0.2) is 12.2 Å². The van der Waals surface area contributed by atoms with Crippen LogP contribution < -0.4 is 0 Å². The first kappa shape index (κ1) is 18.4. The molecule has 0 aliphatic rings. The molecule has 0 aliphatic heterocycles. The Morgan fingerprint density at radius 2 is 0.929 bits per heavy atom. The van der Waals surface area contributed by atoms with Crippen LogP contribution in [0.1, 0.15) is 34.6 Å². The van der Waals surface area contributed by atoms with E-state index in [4.69, 9.17) is 5.11 Å². The van der Waals surface area contributed by atoms with Crippen LogP contribution in [0, 0.1) is 0 Å². The number of carboxylic acids is 1. The standard InChI is InChI=1S/C4H6O2.2C3H6O/c1-3(2)4(5)6;2*1-3(2)4/h1H2,2H3,(H,5,6);2*1-2H3. The number of carboxylic acid groups (broad SMARTS) is 1. The topological polar surface area (TPSA) is 71.4 Å². The Hall–Kier alpha value is -1.45. The van der Waals surface area contributed by atoms with Crippen LogP contribution in [0.2, 0.25) is 0 Å². The fourth-order valence-corrected chi connectivity index (χ4v) is 0. The molecule has 4 nitrogen and oxygen atoms in total. The minimum atomic E-state index is -0.935. The van der Waals surface area contributed by atoms with Gasteiger partial charge in [-0.05, 0) is 34.6 Å². The van der Waals surface area contributed by atoms with Gasteiger partial charge < -0.3 is 14.7 Å². The number of carbonyl (C=O) groups excluding carboxylic acids is 2. The monoisotopic (exact) mass is 202 g/mol. The summed E-state index contributed by atoms with van der Waals surface area (Å²) < 4.78 is 0. The molecule has 0 unspecified atom stereocenters. The second-order valence-electron chi connectivity index (χ2n) is 2.90. The Labute approximate surface area is 84.6 Å². The summed E-state index contributed by atoms with van der Waals surface area (Å²) in [6.07, 6.45) is 0. The zero-order valence-corrected chi connectivity index (χ0v) is 9.38. The first-order chi connectivity index (χ1) is 6.11. The van der Waals surface area contributed by atoms with E-state index in [1.165, 1.54) is 34.6 Å². The molecule has 0 atom stereocenters. The zero-order chi connectivity index (χ0) is 12.3. The molecule has 4 heteroatoms. The summed E-state index contributed by atoms with van der Waals surface area (Å²) >= 11 is 0. The predicted molar refractivity (Wildman–Crippen MR) is 55.2 cm³/mol. The van der Waals surface area contributed by atoms with Crippen LogP contribution in [0.3, 0.4) is 0 Å². The van der Waals surface area contributed by atoms with Crippen molar-refractivity contribution in [2.45, 2.75) is 34.6 Å². The summed E-state index contributed by atoms with van der Waals surface area (Å²) in [6.45, 7) is 10.7. The number of aliphatic carboxylic acids is 1. The molecule has 0 aromatic heterocycles. The Morgan fingerprint density at radius 1 is 0.857 bits per heavy atom. The van der Waals surface area contributed by atoms with Crippen molar-refractivity contribution in [3.8, 4) is 0 Å². The normalized spacial score (nSPS) is 6.93. The summed E-state index contributed by atoms with van der Waals surface area (Å²) in [5.41, 5.74) is 0.176. The van der Waals surface area contributed by atoms with Crippen LogP contribution in [-0.4, -0.2) is 22.6 Å². The van der Waals surface area contributed by atoms with Gasteiger partial charge in [0.2, 0.25) is 0 Å². The van der Waals surface area contributed by atoms with E-state index in [1.54, 1.807) is 0 Å². The van der Waals surface area contributed by atoms with Gasteiger partial charge in [-0.2, -0.15) is 0 Å². The lowest BCUT2D eigenvalue weighted by Gasteiger charge is -1.79. The molecular weight excluding hydrogens is 184 g/mol. The van der Waals surface area contributed by atoms with E-state index >= 15 is 0 Å². The average Bonchev–Trinajstić information content (AvgIpc) is 1.83. The fourth-order valence-electron chi connectivity index (χ4n) is 0. The Kier molecular flexibility index (Phi) is 15.1. The molecule has 0 radical (unpaired) electrons. The summed E-state index contributed by atoms with van der Waals surface area (Å²) in [5.74, 6) is -0.602. The van der Waals surface area contributed by atoms with Crippen molar-refractivity contribution in [1.29, 1.82) is 0 Å². The molecule has 0 aromatic rings. The van der Waals surface area contributed by atoms with E-state index in [0.717, 1.165) is 0 Å². The second kappa shape index (κ2) is 11.6. The van der Waals surface area contributed by atoms with Gasteiger partial charge >= 0.3 is 5.97 Å². The molecule has 0 spiro atoms. The lowest BCUT2D eigenvalue weighted by atomic mass is 10.4. The number of rotatable bonds is 1. The second-order valence-corrected chi connectivity index (χ2v) is 2.90. The summed E-state index contributed by atoms with van der Waals surface area (Å²) in [7, 11) is 0. The highest BCUT2D eigenvalue weighted by Gasteiger charge is 1.90. The van der Waals surface area contributed by atoms with Crippen LogP contribution in [0.4, 0.5) is 0 Å². The molecule has 82 valence electrons. The molecule has 14 heavy (non-hydrogen) atoms. The molecule has 0 fully saturated rings. The smallest absolute Gasteiger partial charge is 0.330 e. The summed E-state index contributed by atoms with van der Waals surface area (Å²) in [6, 6.07) is 0. The quantitative estimate of drug-likeness (QED) is 0.658. The van der Waals surface area contributed by atoms with E-state index in [1.807, 2.05) is 0 Å². The molecule has 1 N–H and O–H groups in total. The molecule has 0 rings (SSSR count). The molecule has 0 heterocycles. The largest absolute Gasteiger partial charge is 0.478 e. The van der Waals surface area contributed by atoms with E-state index in [2.05, 4.69) is 6.58 Å². The third-order valence-corrected chi connectivity index (χ3v) is 0.365. The van der Waals surface area contributed by atoms with E-state index in [-0.39, 0.29) is 17.1 Å². The number of hydrogen-bond donors (Lipinski definition) is 1. The van der Waals surface area contributed by atoms with Crippen LogP contribution in [0.25, 0.3) is 0 Å². The van der Waals surface area contributed by atoms with Crippen molar-refractivity contribution in [3.05, 3.63) is 12.2 Å². The van der Waals surface area contributed by atoms with E-state index in [9.17, 15) is 14.4 Å². The summed E-state index contributed by atoms with van der Waals surface area (Å²) in [5, 5.41) is 7.89. The van der Waals surface area contributed by atoms with Crippen LogP contribution in [0.5, 0.6) is 0 Å². The van der Waals surface area contributed by atoms with Gasteiger partial charge in [-0.15, -0.1) is 0 Å². The van der Waals surface area contributed by atoms with Crippen molar-refractivity contribution in [1.82, 2.24) is 0 Å². The van der Waals surface area contributed by atoms with Gasteiger partial charge in [0.05, 0.1) is 0 Å². The van der Waals surface area contributed by atoms with Crippen LogP contribution in [-0.2, 0) is 14.4 Å². The van der Waals surface area contributed by atoms with Gasteiger partial charge in [0.25, 0.3) is 0 Å². The molecular formula is C10H18O4. The minimum absolute atomic E-state index is 0.167. The van der Waals surface area contributed by atoms with Crippen molar-refractivity contribution in [3.63, 3.8) is 0 Å². The Balaban J connectivity index is -0.000000135. The van der Waals surface area contributed by atoms with Crippen LogP contribution >= 0.6 is 0 Å². The van der Waals surface area contributed by atoms with Crippen molar-refractivity contribution in [2.75, 3.05) is 0 Å². The minimum Gasteiger partial charge on any atom is -0.478 e. The maximum Gasteiger partial charge on any atom is 0.330 e. The predicted octanol–water partition coefficient (Wildman–Crippen LogP) is 1.84. The summed E-state index contributed by atoms with van der Waals surface area (Å²) in [4.78, 5) is 28.5. The SMILES string of the molecule is C=C(C)C(=O)O.CC(C)=O.CC(C)=O. The molecule has 0 bridgehead atoms. The maximum atomic E-state index is 9.60. The highest BCUT2D eigenvalue weighted by atomic mass is 16.4. The highest BCUT2D eigenvalue weighted by Crippen LogP contribution is 1.81. The highest BCUT2D eigenvalue weighted by molar-refractivity contribution is 5.84. The van der Waals surface area contributed by atoms with Gasteiger partial charge in [0, 0.05) is 5.57 Å². The fraction of sp³-hybridized carbons (Fsp3) is 0.500. The third-order valence-electron chi connectivity index (χ3n) is 0.365. The van der Waals surface area contributed by atoms with Gasteiger partial charge in [-0.1, -0.05) is 6.58 Å². The number of hydrogen-bond acceptors (Lipinski definition) is 3. The molecule has 0 saturated heterocycles. The molecule has 0 aliphatic carbocycles. The van der Waals surface area contributed by atoms with E-state index < -0.39 is 5.97 Å². The average molecular weight is 202 g/mol. The third kappa shape index (κ3) is 148. The number of ketones is 2. The zero-order valence-electron chi connectivity index (χ0n) is 9.38. The molecule has 0 saturated carbocycles. The van der Waals surface area contributed by atoms with Gasteiger partial charge in [0.1, 0.15) is 11.6 Å². The Bertz CT molecular complexity index is 184. The Morgan fingerprint density at radius 3 is 0.929 bits per heavy atom. The number of carbonyl (C=O) groups is 3. The maximum absolute atomic E-state index is 9.60. The first-order valence-electron chi connectivity index (χ1n) is 3.94. The molecule has 0 aromatic carbocycles. The first-order valence-corrected chi connectivity index (χ1v) is 3.94. The van der Waals surface area contributed by atoms with Crippen molar-refractivity contribution < 1.29 is 19.5 Å².